The molecule has 1 aliphatic rings. The van der Waals surface area contributed by atoms with E-state index in [4.69, 9.17) is 11.3 Å². The molecule has 1 aromatic rings. The number of benzene rings is 1. The van der Waals surface area contributed by atoms with E-state index in [0.29, 0.717) is 30.3 Å². The number of esters is 1. The number of rotatable bonds is 5. The number of hydrogen-bond acceptors (Lipinski definition) is 3. The molecule has 0 amide bonds. The van der Waals surface area contributed by atoms with Crippen LogP contribution in [0.25, 0.3) is 4.85 Å². The summed E-state index contributed by atoms with van der Waals surface area (Å²) in [5, 5.41) is 3.01. The van der Waals surface area contributed by atoms with Crippen LogP contribution in [0, 0.1) is 17.8 Å². The maximum Gasteiger partial charge on any atom is 0.416 e. The number of carbonyl (C=O) groups is 1. The third-order valence-corrected chi connectivity index (χ3v) is 4.72. The number of dihydropyridines is 1. The van der Waals surface area contributed by atoms with Crippen molar-refractivity contribution in [3.63, 3.8) is 0 Å². The Bertz CT molecular complexity index is 963. The summed E-state index contributed by atoms with van der Waals surface area (Å²) in [6.07, 6.45) is -3.88. The van der Waals surface area contributed by atoms with Crippen molar-refractivity contribution in [3.8, 4) is 0 Å². The van der Waals surface area contributed by atoms with Crippen LogP contribution in [0.4, 0.5) is 17.6 Å². The van der Waals surface area contributed by atoms with Gasteiger partial charge in [-0.2, -0.15) is 13.2 Å². The van der Waals surface area contributed by atoms with Crippen molar-refractivity contribution in [3.05, 3.63) is 69.2 Å². The minimum atomic E-state index is -4.87. The maximum atomic E-state index is 13.8. The van der Waals surface area contributed by atoms with Gasteiger partial charge in [0, 0.05) is 11.4 Å². The third kappa shape index (κ3) is 5.66. The van der Waals surface area contributed by atoms with Crippen LogP contribution in [0.3, 0.4) is 0 Å². The Morgan fingerprint density at radius 1 is 1.26 bits per heavy atom. The van der Waals surface area contributed by atoms with Gasteiger partial charge in [-0.3, -0.25) is 0 Å². The predicted molar refractivity (Wildman–Crippen MR) is 109 cm³/mol. The van der Waals surface area contributed by atoms with Crippen LogP contribution >= 0.6 is 0 Å². The molecule has 1 N–H and O–H groups in total. The Kier molecular flexibility index (Phi) is 7.20. The van der Waals surface area contributed by atoms with E-state index < -0.39 is 29.4 Å². The van der Waals surface area contributed by atoms with Crippen molar-refractivity contribution in [2.75, 3.05) is 6.61 Å². The molecule has 31 heavy (non-hydrogen) atoms. The largest absolute Gasteiger partial charge is 0.462 e. The molecule has 1 atom stereocenters. The number of nitrogens with one attached hydrogen (secondary N) is 1. The Balaban J connectivity index is 2.76. The molecule has 1 heterocycles. The Hall–Kier alpha value is -2.82. The van der Waals surface area contributed by atoms with Gasteiger partial charge in [-0.05, 0) is 36.5 Å². The van der Waals surface area contributed by atoms with E-state index in [-0.39, 0.29) is 28.9 Å². The van der Waals surface area contributed by atoms with Crippen LogP contribution in [0.15, 0.2) is 40.9 Å². The lowest BCUT2D eigenvalue weighted by Gasteiger charge is -2.31. The summed E-state index contributed by atoms with van der Waals surface area (Å²) in [7, 11) is 0. The molecule has 1 aromatic carbocycles. The molecule has 0 bridgehead atoms. The summed E-state index contributed by atoms with van der Waals surface area (Å²) in [6.45, 7) is 16.6. The summed E-state index contributed by atoms with van der Waals surface area (Å²) in [5.41, 5.74) is -1.26. The second kappa shape index (κ2) is 9.13. The molecule has 0 fully saturated rings. The number of hydrogen-bond donors (Lipinski definition) is 1. The average molecular weight is 438 g/mol. The summed E-state index contributed by atoms with van der Waals surface area (Å²) >= 11 is 0. The Morgan fingerprint density at radius 3 is 2.42 bits per heavy atom. The first-order valence-corrected chi connectivity index (χ1v) is 9.92. The van der Waals surface area contributed by atoms with Crippen molar-refractivity contribution in [2.45, 2.75) is 59.6 Å². The van der Waals surface area contributed by atoms with Gasteiger partial charge in [0.25, 0.3) is 0 Å². The molecule has 1 unspecified atom stereocenters. The fourth-order valence-electron chi connectivity index (χ4n) is 3.41. The summed E-state index contributed by atoms with van der Waals surface area (Å²) in [4.78, 5) is 16.5. The number of nitrogens with zero attached hydrogens (tertiary/aromatic N) is 1. The highest BCUT2D eigenvalue weighted by Gasteiger charge is 2.42. The second-order valence-electron chi connectivity index (χ2n) is 8.69. The highest BCUT2D eigenvalue weighted by molar-refractivity contribution is 5.93. The van der Waals surface area contributed by atoms with Crippen molar-refractivity contribution in [1.29, 1.82) is 0 Å². The predicted octanol–water partition coefficient (Wildman–Crippen LogP) is 6.33. The van der Waals surface area contributed by atoms with Crippen LogP contribution in [-0.4, -0.2) is 12.6 Å². The van der Waals surface area contributed by atoms with E-state index in [0.717, 1.165) is 12.1 Å². The fourth-order valence-corrected chi connectivity index (χ4v) is 3.41. The molecule has 168 valence electrons. The zero-order valence-electron chi connectivity index (χ0n) is 18.2. The molecule has 8 heteroatoms. The van der Waals surface area contributed by atoms with Crippen LogP contribution in [0.1, 0.15) is 64.5 Å². The van der Waals surface area contributed by atoms with Gasteiger partial charge >= 0.3 is 12.1 Å². The zero-order valence-corrected chi connectivity index (χ0v) is 18.2. The van der Waals surface area contributed by atoms with Gasteiger partial charge in [0.2, 0.25) is 0 Å². The van der Waals surface area contributed by atoms with E-state index in [1.807, 2.05) is 27.7 Å². The van der Waals surface area contributed by atoms with Gasteiger partial charge < -0.3 is 10.1 Å². The summed E-state index contributed by atoms with van der Waals surface area (Å²) < 4.78 is 60.5. The fraction of sp³-hybridized carbons (Fsp3) is 0.478. The first-order chi connectivity index (χ1) is 14.3. The van der Waals surface area contributed by atoms with Crippen molar-refractivity contribution >= 4 is 5.97 Å². The average Bonchev–Trinajstić information content (AvgIpc) is 2.64. The normalized spacial score (nSPS) is 17.4. The minimum Gasteiger partial charge on any atom is -0.462 e. The first kappa shape index (κ1) is 24.4. The molecule has 0 saturated carbocycles. The Morgan fingerprint density at radius 2 is 1.90 bits per heavy atom. The van der Waals surface area contributed by atoms with Gasteiger partial charge in [-0.1, -0.05) is 40.2 Å². The molecule has 0 saturated heterocycles. The van der Waals surface area contributed by atoms with Gasteiger partial charge in [0.05, 0.1) is 30.2 Å². The molecule has 1 aliphatic heterocycles. The number of carbonyl (C=O) groups excluding carboxylic acids is 1. The molecular formula is C23H26F4N2O2. The van der Waals surface area contributed by atoms with E-state index in [1.54, 1.807) is 6.92 Å². The highest BCUT2D eigenvalue weighted by atomic mass is 19.4. The number of alkyl halides is 3. The quantitative estimate of drug-likeness (QED) is 0.332. The van der Waals surface area contributed by atoms with Crippen LogP contribution in [0.2, 0.25) is 0 Å². The SMILES string of the molecule is [C-]#[N+]C1=C(C)NC(CCC)=C(C(=O)OCC(C)(C)C)C1c1ccc(F)cc1C(F)(F)F. The van der Waals surface area contributed by atoms with Gasteiger partial charge in [0.1, 0.15) is 5.82 Å². The van der Waals surface area contributed by atoms with E-state index in [9.17, 15) is 22.4 Å². The van der Waals surface area contributed by atoms with Crippen LogP contribution in [-0.2, 0) is 15.7 Å². The van der Waals surface area contributed by atoms with Crippen molar-refractivity contribution < 1.29 is 27.1 Å². The lowest BCUT2D eigenvalue weighted by molar-refractivity contribution is -0.143. The number of allylic oxidation sites excluding steroid dienone is 3. The molecule has 2 rings (SSSR count). The number of ether oxygens (including phenoxy) is 1. The molecule has 4 nitrogen and oxygen atoms in total. The number of halogens is 4. The van der Waals surface area contributed by atoms with E-state index in [2.05, 4.69) is 10.2 Å². The van der Waals surface area contributed by atoms with Gasteiger partial charge in [-0.15, -0.1) is 0 Å². The van der Waals surface area contributed by atoms with Gasteiger partial charge in [0.15, 0.2) is 5.70 Å². The standard InChI is InChI=1S/C23H26F4N2O2/c1-7-8-17-19(21(30)31-12-22(3,4)5)18(20(28-6)13(2)29-17)15-10-9-14(24)11-16(15)23(25,26)27/h9-11,18,29H,7-8,12H2,1-5H3. The lowest BCUT2D eigenvalue weighted by atomic mass is 9.81. The van der Waals surface area contributed by atoms with Crippen molar-refractivity contribution in [1.82, 2.24) is 5.32 Å². The maximum absolute atomic E-state index is 13.8. The molecule has 0 aliphatic carbocycles. The zero-order chi connectivity index (χ0) is 23.6. The summed E-state index contributed by atoms with van der Waals surface area (Å²) in [5.74, 6) is -3.16. The second-order valence-corrected chi connectivity index (χ2v) is 8.69. The van der Waals surface area contributed by atoms with E-state index >= 15 is 0 Å². The Labute approximate surface area is 179 Å². The molecule has 0 radical (unpaired) electrons. The third-order valence-electron chi connectivity index (χ3n) is 4.72. The van der Waals surface area contributed by atoms with Gasteiger partial charge in [-0.25, -0.2) is 14.0 Å². The minimum absolute atomic E-state index is 0.0418. The first-order valence-electron chi connectivity index (χ1n) is 9.92. The molecule has 0 spiro atoms. The summed E-state index contributed by atoms with van der Waals surface area (Å²) in [6, 6.07) is 2.29. The molecule has 0 aromatic heterocycles. The highest BCUT2D eigenvalue weighted by Crippen LogP contribution is 2.45. The monoisotopic (exact) mass is 438 g/mol. The van der Waals surface area contributed by atoms with Crippen LogP contribution < -0.4 is 5.32 Å². The molecular weight excluding hydrogens is 412 g/mol. The van der Waals surface area contributed by atoms with Crippen molar-refractivity contribution in [2.24, 2.45) is 5.41 Å². The van der Waals surface area contributed by atoms with Crippen LogP contribution in [0.5, 0.6) is 0 Å². The van der Waals surface area contributed by atoms with E-state index in [1.165, 1.54) is 0 Å². The smallest absolute Gasteiger partial charge is 0.416 e. The topological polar surface area (TPSA) is 42.7 Å². The lowest BCUT2D eigenvalue weighted by Crippen LogP contribution is -2.31.